The molecule has 0 amide bonds. The quantitative estimate of drug-likeness (QED) is 0.0876. The Labute approximate surface area is 242 Å². The van der Waals surface area contributed by atoms with Crippen LogP contribution in [0, 0.1) is 0 Å². The molecule has 0 fully saturated rings. The van der Waals surface area contributed by atoms with E-state index in [1.54, 1.807) is 6.07 Å². The summed E-state index contributed by atoms with van der Waals surface area (Å²) < 4.78 is 24.1. The van der Waals surface area contributed by atoms with Gasteiger partial charge in [0.25, 0.3) is 0 Å². The fourth-order valence-corrected chi connectivity index (χ4v) is 4.44. The maximum Gasteiger partial charge on any atom is 0.383 e. The van der Waals surface area contributed by atoms with Crippen molar-refractivity contribution in [1.29, 1.82) is 0 Å². The van der Waals surface area contributed by atoms with Gasteiger partial charge in [0.1, 0.15) is 23.3 Å². The van der Waals surface area contributed by atoms with E-state index >= 15 is 0 Å². The van der Waals surface area contributed by atoms with Crippen LogP contribution in [-0.2, 0) is 0 Å². The van der Waals surface area contributed by atoms with Gasteiger partial charge in [0.2, 0.25) is 5.75 Å². The average molecular weight is 553 g/mol. The highest BCUT2D eigenvalue weighted by Crippen LogP contribution is 2.39. The summed E-state index contributed by atoms with van der Waals surface area (Å²) in [5.41, 5.74) is 2.46. The third-order valence-corrected chi connectivity index (χ3v) is 6.75. The van der Waals surface area contributed by atoms with E-state index in [9.17, 15) is 4.79 Å². The Morgan fingerprint density at radius 3 is 2.27 bits per heavy atom. The lowest BCUT2D eigenvalue weighted by molar-refractivity contribution is 0.273. The molecule has 2 aromatic rings. The first-order chi connectivity index (χ1) is 19.5. The molecule has 0 unspecified atom stereocenters. The summed E-state index contributed by atoms with van der Waals surface area (Å²) >= 11 is 0. The molecule has 0 saturated heterocycles. The summed E-state index contributed by atoms with van der Waals surface area (Å²) in [5.74, 6) is 1.15. The Morgan fingerprint density at radius 2 is 1.55 bits per heavy atom. The Bertz CT molecular complexity index is 1130. The number of hydrogen-bond donors (Lipinski definition) is 0. The predicted octanol–water partition coefficient (Wildman–Crippen LogP) is 10.1. The molecule has 1 aromatic carbocycles. The third-order valence-electron chi connectivity index (χ3n) is 6.75. The van der Waals surface area contributed by atoms with Gasteiger partial charge in [0.05, 0.1) is 13.2 Å². The second-order valence-corrected chi connectivity index (χ2v) is 10.7. The van der Waals surface area contributed by atoms with Crippen molar-refractivity contribution < 1.29 is 18.6 Å². The number of hydrogen-bond acceptors (Lipinski definition) is 5. The second-order valence-electron chi connectivity index (χ2n) is 10.7. The van der Waals surface area contributed by atoms with Gasteiger partial charge >= 0.3 is 5.63 Å². The van der Waals surface area contributed by atoms with Gasteiger partial charge in [-0.25, -0.2) is 4.79 Å². The van der Waals surface area contributed by atoms with Gasteiger partial charge in [0.15, 0.2) is 5.75 Å². The summed E-state index contributed by atoms with van der Waals surface area (Å²) in [6.07, 6.45) is 22.0. The van der Waals surface area contributed by atoms with Crippen molar-refractivity contribution in [3.05, 3.63) is 64.1 Å². The molecule has 5 heteroatoms. The van der Waals surface area contributed by atoms with Crippen LogP contribution in [0.3, 0.4) is 0 Å². The number of benzene rings is 1. The first-order valence-electron chi connectivity index (χ1n) is 15.4. The van der Waals surface area contributed by atoms with Gasteiger partial charge in [-0.15, -0.1) is 0 Å². The van der Waals surface area contributed by atoms with Crippen LogP contribution in [0.15, 0.2) is 62.9 Å². The second kappa shape index (κ2) is 20.0. The van der Waals surface area contributed by atoms with E-state index in [0.29, 0.717) is 48.7 Å². The van der Waals surface area contributed by atoms with Crippen LogP contribution < -0.4 is 19.8 Å². The molecule has 0 atom stereocenters. The van der Waals surface area contributed by atoms with Gasteiger partial charge in [-0.2, -0.15) is 0 Å². The van der Waals surface area contributed by atoms with Crippen molar-refractivity contribution in [2.24, 2.45) is 0 Å². The van der Waals surface area contributed by atoms with Crippen LogP contribution in [0.4, 0.5) is 0 Å². The summed E-state index contributed by atoms with van der Waals surface area (Å²) in [7, 11) is 0. The van der Waals surface area contributed by atoms with E-state index in [1.165, 1.54) is 49.7 Å². The Hall–Kier alpha value is -2.95. The van der Waals surface area contributed by atoms with Gasteiger partial charge < -0.3 is 18.6 Å². The van der Waals surface area contributed by atoms with Crippen LogP contribution >= 0.6 is 0 Å². The third kappa shape index (κ3) is 12.5. The minimum Gasteiger partial charge on any atom is -0.493 e. The smallest absolute Gasteiger partial charge is 0.383 e. The van der Waals surface area contributed by atoms with Crippen LogP contribution in [0.5, 0.6) is 17.2 Å². The molecule has 0 bridgehead atoms. The Morgan fingerprint density at radius 1 is 0.800 bits per heavy atom. The topological polar surface area (TPSA) is 57.9 Å². The summed E-state index contributed by atoms with van der Waals surface area (Å²) in [5, 5.41) is 0.649. The molecule has 2 rings (SSSR count). The largest absolute Gasteiger partial charge is 0.493 e. The molecule has 1 heterocycles. The van der Waals surface area contributed by atoms with Crippen LogP contribution in [0.25, 0.3) is 11.0 Å². The van der Waals surface area contributed by atoms with Crippen molar-refractivity contribution in [3.63, 3.8) is 0 Å². The Kier molecular flexibility index (Phi) is 16.6. The molecule has 0 aliphatic rings. The molecule has 0 spiro atoms. The number of allylic oxidation sites excluding steroid dienone is 4. The van der Waals surface area contributed by atoms with E-state index < -0.39 is 5.63 Å². The molecule has 0 aliphatic heterocycles. The zero-order chi connectivity index (χ0) is 29.0. The Balaban J connectivity index is 2.20. The van der Waals surface area contributed by atoms with Crippen LogP contribution in [0.1, 0.15) is 112 Å². The summed E-state index contributed by atoms with van der Waals surface area (Å²) in [4.78, 5) is 13.0. The first kappa shape index (κ1) is 33.3. The van der Waals surface area contributed by atoms with Gasteiger partial charge in [-0.3, -0.25) is 0 Å². The molecule has 222 valence electrons. The summed E-state index contributed by atoms with van der Waals surface area (Å²) in [6, 6.07) is 5.54. The first-order valence-corrected chi connectivity index (χ1v) is 15.4. The lowest BCUT2D eigenvalue weighted by Crippen LogP contribution is -2.12. The average Bonchev–Trinajstić information content (AvgIpc) is 2.92. The maximum absolute atomic E-state index is 13.0. The molecular formula is C35H52O5. The van der Waals surface area contributed by atoms with Gasteiger partial charge in [-0.1, -0.05) is 94.2 Å². The molecule has 0 radical (unpaired) electrons. The van der Waals surface area contributed by atoms with E-state index in [4.69, 9.17) is 18.6 Å². The number of unbranched alkanes of at least 4 members (excludes halogenated alkanes) is 7. The molecule has 0 saturated carbocycles. The monoisotopic (exact) mass is 552 g/mol. The number of rotatable bonds is 21. The highest BCUT2D eigenvalue weighted by molar-refractivity contribution is 5.91. The van der Waals surface area contributed by atoms with Crippen molar-refractivity contribution in [3.8, 4) is 17.2 Å². The molecule has 40 heavy (non-hydrogen) atoms. The van der Waals surface area contributed by atoms with E-state index in [0.717, 1.165) is 32.1 Å². The zero-order valence-corrected chi connectivity index (χ0v) is 25.7. The van der Waals surface area contributed by atoms with Gasteiger partial charge in [0, 0.05) is 0 Å². The van der Waals surface area contributed by atoms with Gasteiger partial charge in [-0.05, 0) is 71.1 Å². The lowest BCUT2D eigenvalue weighted by Gasteiger charge is -2.16. The molecule has 1 aromatic heterocycles. The fourth-order valence-electron chi connectivity index (χ4n) is 4.44. The molecule has 0 aliphatic carbocycles. The van der Waals surface area contributed by atoms with Crippen LogP contribution in [0.2, 0.25) is 0 Å². The zero-order valence-electron chi connectivity index (χ0n) is 25.7. The summed E-state index contributed by atoms with van der Waals surface area (Å²) in [6.45, 7) is 12.0. The van der Waals surface area contributed by atoms with Crippen molar-refractivity contribution >= 4 is 11.0 Å². The van der Waals surface area contributed by atoms with Crippen molar-refractivity contribution in [1.82, 2.24) is 0 Å². The highest BCUT2D eigenvalue weighted by Gasteiger charge is 2.21. The fraction of sp³-hybridized carbons (Fsp3) is 0.571. The maximum atomic E-state index is 13.0. The van der Waals surface area contributed by atoms with E-state index in [1.807, 2.05) is 12.1 Å². The standard InChI is InChI=1S/C35H52O5/c1-6-8-10-12-13-14-15-17-25-37-30-22-19-23-31-32(30)33(39-27-24-29(5)21-18-20-28(3)4)34(35(36)40-31)38-26-16-11-9-7-2/h9,11,19-20,22-24H,6-8,10,12-18,21,25-27H2,1-5H3/b11-9+,29-24+. The minimum absolute atomic E-state index is 0.108. The lowest BCUT2D eigenvalue weighted by atomic mass is 10.1. The van der Waals surface area contributed by atoms with E-state index in [2.05, 4.69) is 58.9 Å². The number of ether oxygens (including phenoxy) is 3. The molecule has 5 nitrogen and oxygen atoms in total. The van der Waals surface area contributed by atoms with Crippen molar-refractivity contribution in [2.45, 2.75) is 112 Å². The van der Waals surface area contributed by atoms with Crippen molar-refractivity contribution in [2.75, 3.05) is 19.8 Å². The number of fused-ring (bicyclic) bond motifs is 1. The highest BCUT2D eigenvalue weighted by atomic mass is 16.5. The normalized spacial score (nSPS) is 11.8. The minimum atomic E-state index is -0.536. The molecular weight excluding hydrogens is 500 g/mol. The predicted molar refractivity (Wildman–Crippen MR) is 168 cm³/mol. The molecule has 0 N–H and O–H groups in total. The van der Waals surface area contributed by atoms with E-state index in [-0.39, 0.29) is 5.75 Å². The SMILES string of the molecule is CC/C=C/CCOc1c(OC/C=C(\C)CCC=C(C)C)c2c(OCCCCCCCCCC)cccc2oc1=O. The van der Waals surface area contributed by atoms with Crippen LogP contribution in [-0.4, -0.2) is 19.8 Å².